The maximum atomic E-state index is 12.0. The highest BCUT2D eigenvalue weighted by Gasteiger charge is 2.32. The van der Waals surface area contributed by atoms with Crippen molar-refractivity contribution in [3.63, 3.8) is 0 Å². The van der Waals surface area contributed by atoms with Gasteiger partial charge >= 0.3 is 7.82 Å². The number of likely N-dealkylation sites (N-methyl/N-ethyl adjacent to an activating group) is 1. The van der Waals surface area contributed by atoms with E-state index in [2.05, 4.69) is 6.92 Å². The van der Waals surface area contributed by atoms with Gasteiger partial charge in [0.05, 0.1) is 34.4 Å². The van der Waals surface area contributed by atoms with Crippen LogP contribution in [0.2, 0.25) is 0 Å². The fourth-order valence-electron chi connectivity index (χ4n) is 4.03. The van der Waals surface area contributed by atoms with Gasteiger partial charge in [0.2, 0.25) is 6.23 Å². The van der Waals surface area contributed by atoms with E-state index in [4.69, 9.17) is 18.5 Å². The summed E-state index contributed by atoms with van der Waals surface area (Å²) in [4.78, 5) is 9.80. The predicted octanol–water partition coefficient (Wildman–Crippen LogP) is 6.15. The van der Waals surface area contributed by atoms with Crippen LogP contribution in [-0.2, 0) is 23.1 Å². The van der Waals surface area contributed by atoms with Crippen molar-refractivity contribution in [1.29, 1.82) is 0 Å². The maximum absolute atomic E-state index is 12.0. The van der Waals surface area contributed by atoms with E-state index in [0.29, 0.717) is 6.61 Å². The van der Waals surface area contributed by atoms with Crippen LogP contribution in [0, 0.1) is 0 Å². The highest BCUT2D eigenvalue weighted by molar-refractivity contribution is 7.47. The van der Waals surface area contributed by atoms with Crippen LogP contribution in [0.3, 0.4) is 0 Å². The number of rotatable bonds is 23. The summed E-state index contributed by atoms with van der Waals surface area (Å²) < 4.78 is 33.5. The molecule has 210 valence electrons. The van der Waals surface area contributed by atoms with Crippen LogP contribution in [0.25, 0.3) is 0 Å². The number of aliphatic hydroxyl groups is 1. The minimum Gasteiger partial charge on any atom is -0.350 e. The molecule has 35 heavy (non-hydrogen) atoms. The number of phosphoric ester groups is 1. The van der Waals surface area contributed by atoms with Gasteiger partial charge in [-0.3, -0.25) is 9.05 Å². The van der Waals surface area contributed by atoms with Crippen molar-refractivity contribution in [1.82, 2.24) is 0 Å². The van der Waals surface area contributed by atoms with E-state index in [1.165, 1.54) is 89.9 Å². The lowest BCUT2D eigenvalue weighted by atomic mass is 10.0. The zero-order valence-corrected chi connectivity index (χ0v) is 23.9. The van der Waals surface area contributed by atoms with Crippen LogP contribution in [-0.4, -0.2) is 74.1 Å². The Labute approximate surface area is 214 Å². The zero-order chi connectivity index (χ0) is 26.0. The molecule has 9 heteroatoms. The summed E-state index contributed by atoms with van der Waals surface area (Å²) in [5, 5.41) is 9.91. The van der Waals surface area contributed by atoms with Crippen LogP contribution in [0.15, 0.2) is 0 Å². The molecule has 1 saturated heterocycles. The summed E-state index contributed by atoms with van der Waals surface area (Å²) >= 11 is 0. The first-order valence-corrected chi connectivity index (χ1v) is 15.5. The van der Waals surface area contributed by atoms with Crippen molar-refractivity contribution in [2.45, 2.75) is 128 Å². The molecule has 1 rings (SSSR count). The molecule has 4 unspecified atom stereocenters. The average Bonchev–Trinajstić information content (AvgIpc) is 3.26. The summed E-state index contributed by atoms with van der Waals surface area (Å²) in [6.07, 6.45) is 19.3. The highest BCUT2D eigenvalue weighted by atomic mass is 31.2. The fourth-order valence-corrected chi connectivity index (χ4v) is 4.78. The minimum atomic E-state index is -4.25. The van der Waals surface area contributed by atoms with E-state index < -0.39 is 14.1 Å². The van der Waals surface area contributed by atoms with Gasteiger partial charge < -0.3 is 24.0 Å². The Balaban J connectivity index is 1.94. The summed E-state index contributed by atoms with van der Waals surface area (Å²) in [5.74, 6) is 0. The molecule has 4 atom stereocenters. The first-order valence-electron chi connectivity index (χ1n) is 14.0. The predicted molar refractivity (Wildman–Crippen MR) is 140 cm³/mol. The van der Waals surface area contributed by atoms with Crippen LogP contribution >= 0.6 is 7.82 Å². The number of hydrogen-bond donors (Lipinski definition) is 2. The second kappa shape index (κ2) is 19.1. The fraction of sp³-hybridized carbons (Fsp3) is 1.00. The molecule has 0 bridgehead atoms. The topological polar surface area (TPSA) is 94.5 Å². The Hall–Kier alpha value is -0.0500. The van der Waals surface area contributed by atoms with Gasteiger partial charge in [0, 0.05) is 0 Å². The van der Waals surface area contributed by atoms with Crippen molar-refractivity contribution in [2.24, 2.45) is 0 Å². The van der Waals surface area contributed by atoms with E-state index >= 15 is 0 Å². The molecule has 8 nitrogen and oxygen atoms in total. The van der Waals surface area contributed by atoms with Crippen molar-refractivity contribution in [3.05, 3.63) is 0 Å². The molecule has 2 N–H and O–H groups in total. The van der Waals surface area contributed by atoms with E-state index in [-0.39, 0.29) is 30.1 Å². The summed E-state index contributed by atoms with van der Waals surface area (Å²) in [6, 6.07) is 0. The lowest BCUT2D eigenvalue weighted by Gasteiger charge is -2.29. The van der Waals surface area contributed by atoms with Crippen LogP contribution in [0.5, 0.6) is 0 Å². The Morgan fingerprint density at radius 1 is 0.857 bits per heavy atom. The number of ether oxygens (including phenoxy) is 2. The van der Waals surface area contributed by atoms with Crippen molar-refractivity contribution in [3.8, 4) is 0 Å². The van der Waals surface area contributed by atoms with E-state index in [0.717, 1.165) is 12.8 Å². The highest BCUT2D eigenvalue weighted by Crippen LogP contribution is 2.43. The Morgan fingerprint density at radius 3 is 1.83 bits per heavy atom. The normalized spacial score (nSPS) is 21.3. The molecule has 1 aliphatic heterocycles. The molecule has 1 fully saturated rings. The molecular weight excluding hydrogens is 469 g/mol. The minimum absolute atomic E-state index is 0.0798. The molecule has 0 saturated carbocycles. The molecule has 0 aliphatic carbocycles. The lowest BCUT2D eigenvalue weighted by Crippen LogP contribution is -2.47. The molecule has 0 spiro atoms. The summed E-state index contributed by atoms with van der Waals surface area (Å²) in [6.45, 7) is 2.24. The summed E-state index contributed by atoms with van der Waals surface area (Å²) in [7, 11) is 1.04. The van der Waals surface area contributed by atoms with Crippen LogP contribution in [0.4, 0.5) is 0 Å². The van der Waals surface area contributed by atoms with Gasteiger partial charge in [-0.25, -0.2) is 4.57 Å². The number of quaternary nitrogens is 1. The average molecular weight is 525 g/mol. The number of unbranched alkanes of at least 4 members (excludes halogenated alkanes) is 14. The Morgan fingerprint density at radius 2 is 1.34 bits per heavy atom. The first kappa shape index (κ1) is 33.0. The van der Waals surface area contributed by atoms with Crippen molar-refractivity contribution in [2.75, 3.05) is 41.0 Å². The smallest absolute Gasteiger partial charge is 0.350 e. The Bertz CT molecular complexity index is 558. The van der Waals surface area contributed by atoms with E-state index in [9.17, 15) is 14.6 Å². The largest absolute Gasteiger partial charge is 0.472 e. The molecule has 0 aromatic heterocycles. The van der Waals surface area contributed by atoms with Gasteiger partial charge in [-0.1, -0.05) is 96.8 Å². The van der Waals surface area contributed by atoms with Gasteiger partial charge in [0.1, 0.15) is 12.7 Å². The third-order valence-electron chi connectivity index (χ3n) is 6.56. The van der Waals surface area contributed by atoms with Gasteiger partial charge in [-0.15, -0.1) is 0 Å². The van der Waals surface area contributed by atoms with Gasteiger partial charge in [0.25, 0.3) is 0 Å². The third-order valence-corrected chi connectivity index (χ3v) is 7.51. The van der Waals surface area contributed by atoms with Crippen LogP contribution < -0.4 is 0 Å². The van der Waals surface area contributed by atoms with Gasteiger partial charge in [-0.05, 0) is 12.8 Å². The maximum Gasteiger partial charge on any atom is 0.472 e. The number of phosphoric acid groups is 1. The number of nitrogens with zero attached hydrogens (tertiary/aromatic N) is 1. The molecule has 0 amide bonds. The van der Waals surface area contributed by atoms with Crippen LogP contribution in [0.1, 0.15) is 110 Å². The first-order chi connectivity index (χ1) is 16.6. The SMILES string of the molecule is CCCCCCCCCCCCCCCCCC1OCC(COP(=O)(O)OCC(O)[N+](C)(C)C)O1. The summed E-state index contributed by atoms with van der Waals surface area (Å²) in [5.41, 5.74) is 0. The molecule has 0 aromatic carbocycles. The third kappa shape index (κ3) is 17.9. The molecular formula is C26H55NO7P+. The van der Waals surface area contributed by atoms with E-state index in [1.807, 2.05) is 0 Å². The molecule has 1 aliphatic rings. The van der Waals surface area contributed by atoms with Crippen molar-refractivity contribution >= 4 is 7.82 Å². The van der Waals surface area contributed by atoms with Gasteiger partial charge in [-0.2, -0.15) is 0 Å². The zero-order valence-electron chi connectivity index (χ0n) is 23.0. The number of aliphatic hydroxyl groups excluding tert-OH is 1. The second-order valence-electron chi connectivity index (χ2n) is 10.9. The lowest BCUT2D eigenvalue weighted by molar-refractivity contribution is -0.918. The van der Waals surface area contributed by atoms with Gasteiger partial charge in [0.15, 0.2) is 6.29 Å². The second-order valence-corrected chi connectivity index (χ2v) is 12.4. The standard InChI is InChI=1S/C26H54NO7P/c1-5-6-7-8-9-10-11-12-13-14-15-16-17-18-19-20-26-31-21-24(34-26)22-32-35(29,30)33-23-25(28)27(2,3)4/h24-26,28H,5-23H2,1-4H3/p+1. The monoisotopic (exact) mass is 524 g/mol. The molecule has 1 heterocycles. The molecule has 0 aromatic rings. The Kier molecular flexibility index (Phi) is 18.0. The quantitative estimate of drug-likeness (QED) is 0.0717. The van der Waals surface area contributed by atoms with E-state index in [1.54, 1.807) is 21.1 Å². The molecule has 0 radical (unpaired) electrons. The number of hydrogen-bond acceptors (Lipinski definition) is 6. The van der Waals surface area contributed by atoms with Crippen molar-refractivity contribution < 1.29 is 37.6 Å².